The van der Waals surface area contributed by atoms with Crippen molar-refractivity contribution < 1.29 is 17.9 Å². The van der Waals surface area contributed by atoms with Crippen LogP contribution in [0.25, 0.3) is 0 Å². The summed E-state index contributed by atoms with van der Waals surface area (Å²) >= 11 is 17.1. The summed E-state index contributed by atoms with van der Waals surface area (Å²) in [7, 11) is -2.82. The molecule has 1 aromatic rings. The van der Waals surface area contributed by atoms with Crippen LogP contribution >= 0.6 is 34.8 Å². The van der Waals surface area contributed by atoms with Crippen molar-refractivity contribution in [3.05, 3.63) is 27.2 Å². The largest absolute Gasteiger partial charge is 0.468 e. The Balaban J connectivity index is 3.06. The van der Waals surface area contributed by atoms with Crippen molar-refractivity contribution in [2.45, 2.75) is 4.90 Å². The first-order valence-electron chi connectivity index (χ1n) is 4.49. The fourth-order valence-corrected chi connectivity index (χ4v) is 2.98. The van der Waals surface area contributed by atoms with Crippen LogP contribution in [0.15, 0.2) is 17.0 Å². The number of methoxy groups -OCH3 is 1. The first-order valence-corrected chi connectivity index (χ1v) is 7.10. The molecule has 0 heterocycles. The van der Waals surface area contributed by atoms with Gasteiger partial charge in [0.2, 0.25) is 10.0 Å². The van der Waals surface area contributed by atoms with Crippen LogP contribution in [0.3, 0.4) is 0 Å². The highest BCUT2D eigenvalue weighted by Gasteiger charge is 2.20. The highest BCUT2D eigenvalue weighted by molar-refractivity contribution is 7.89. The third-order valence-electron chi connectivity index (χ3n) is 1.90. The summed E-state index contributed by atoms with van der Waals surface area (Å²) < 4.78 is 30.0. The average molecular weight is 333 g/mol. The average Bonchev–Trinajstić information content (AvgIpc) is 2.30. The molecule has 0 aliphatic heterocycles. The second-order valence-corrected chi connectivity index (χ2v) is 6.05. The smallest absolute Gasteiger partial charge is 0.320 e. The number of benzene rings is 1. The summed E-state index contributed by atoms with van der Waals surface area (Å²) in [5, 5.41) is 0.0786. The Morgan fingerprint density at radius 1 is 1.22 bits per heavy atom. The van der Waals surface area contributed by atoms with Crippen LogP contribution in [0.1, 0.15) is 0 Å². The lowest BCUT2D eigenvalue weighted by Crippen LogP contribution is -2.30. The minimum Gasteiger partial charge on any atom is -0.468 e. The van der Waals surface area contributed by atoms with Crippen LogP contribution in [-0.4, -0.2) is 28.0 Å². The fraction of sp³-hybridized carbons (Fsp3) is 0.222. The molecule has 1 N–H and O–H groups in total. The standard InChI is InChI=1S/C9H8Cl3NO4S/c1-17-9(14)4-13-18(15,16)8-3-6(11)5(10)2-7(8)12/h2-3,13H,4H2,1H3. The Kier molecular flexibility index (Phi) is 5.24. The van der Waals surface area contributed by atoms with Crippen LogP contribution in [0.4, 0.5) is 0 Å². The van der Waals surface area contributed by atoms with Gasteiger partial charge in [-0.15, -0.1) is 0 Å². The zero-order chi connectivity index (χ0) is 13.9. The molecule has 0 atom stereocenters. The molecule has 0 aromatic heterocycles. The van der Waals surface area contributed by atoms with Crippen LogP contribution in [0.5, 0.6) is 0 Å². The van der Waals surface area contributed by atoms with E-state index < -0.39 is 22.5 Å². The van der Waals surface area contributed by atoms with E-state index >= 15 is 0 Å². The molecule has 1 aromatic carbocycles. The fourth-order valence-electron chi connectivity index (χ4n) is 1.01. The molecule has 18 heavy (non-hydrogen) atoms. The Morgan fingerprint density at radius 2 is 1.78 bits per heavy atom. The molecule has 0 unspecified atom stereocenters. The predicted octanol–water partition coefficient (Wildman–Crippen LogP) is 2.10. The number of hydrogen-bond donors (Lipinski definition) is 1. The van der Waals surface area contributed by atoms with E-state index in [4.69, 9.17) is 34.8 Å². The second-order valence-electron chi connectivity index (χ2n) is 3.10. The van der Waals surface area contributed by atoms with Crippen molar-refractivity contribution >= 4 is 50.8 Å². The van der Waals surface area contributed by atoms with Gasteiger partial charge in [-0.3, -0.25) is 4.79 Å². The Bertz CT molecular complexity index is 573. The number of hydrogen-bond acceptors (Lipinski definition) is 4. The first-order chi connectivity index (χ1) is 8.27. The zero-order valence-corrected chi connectivity index (χ0v) is 12.1. The van der Waals surface area contributed by atoms with E-state index in [9.17, 15) is 13.2 Å². The van der Waals surface area contributed by atoms with Gasteiger partial charge in [0.1, 0.15) is 11.4 Å². The van der Waals surface area contributed by atoms with Gasteiger partial charge in [-0.2, -0.15) is 4.72 Å². The van der Waals surface area contributed by atoms with Gasteiger partial charge in [-0.1, -0.05) is 34.8 Å². The molecule has 5 nitrogen and oxygen atoms in total. The summed E-state index contributed by atoms with van der Waals surface area (Å²) in [6.45, 7) is -0.505. The number of nitrogens with one attached hydrogen (secondary N) is 1. The van der Waals surface area contributed by atoms with Gasteiger partial charge >= 0.3 is 5.97 Å². The number of rotatable bonds is 4. The highest BCUT2D eigenvalue weighted by atomic mass is 35.5. The van der Waals surface area contributed by atoms with Crippen LogP contribution < -0.4 is 4.72 Å². The van der Waals surface area contributed by atoms with E-state index in [0.717, 1.165) is 13.2 Å². The van der Waals surface area contributed by atoms with Crippen molar-refractivity contribution in [1.29, 1.82) is 0 Å². The topological polar surface area (TPSA) is 72.5 Å². The SMILES string of the molecule is COC(=O)CNS(=O)(=O)c1cc(Cl)c(Cl)cc1Cl. The number of carbonyl (C=O) groups excluding carboxylic acids is 1. The molecule has 0 saturated carbocycles. The normalized spacial score (nSPS) is 11.3. The first kappa shape index (κ1) is 15.5. The lowest BCUT2D eigenvalue weighted by Gasteiger charge is -2.08. The van der Waals surface area contributed by atoms with Crippen molar-refractivity contribution in [2.75, 3.05) is 13.7 Å². The molecule has 0 spiro atoms. The molecule has 100 valence electrons. The molecule has 0 bridgehead atoms. The van der Waals surface area contributed by atoms with E-state index in [0.29, 0.717) is 0 Å². The van der Waals surface area contributed by atoms with E-state index in [-0.39, 0.29) is 20.0 Å². The Hall–Kier alpha value is -0.530. The molecule has 0 radical (unpaired) electrons. The Labute approximate surface area is 119 Å². The van der Waals surface area contributed by atoms with Gasteiger partial charge in [-0.05, 0) is 12.1 Å². The van der Waals surface area contributed by atoms with Crippen LogP contribution in [0.2, 0.25) is 15.1 Å². The molecule has 1 rings (SSSR count). The molecular formula is C9H8Cl3NO4S. The number of carbonyl (C=O) groups is 1. The maximum atomic E-state index is 11.8. The summed E-state index contributed by atoms with van der Waals surface area (Å²) in [5.74, 6) is -0.727. The molecule has 0 saturated heterocycles. The minimum absolute atomic E-state index is 0.0412. The number of esters is 1. The Morgan fingerprint density at radius 3 is 2.33 bits per heavy atom. The number of halogens is 3. The summed E-state index contributed by atoms with van der Waals surface area (Å²) in [4.78, 5) is 10.6. The maximum absolute atomic E-state index is 11.8. The van der Waals surface area contributed by atoms with E-state index in [1.807, 2.05) is 4.72 Å². The van der Waals surface area contributed by atoms with E-state index in [1.165, 1.54) is 6.07 Å². The number of sulfonamides is 1. The lowest BCUT2D eigenvalue weighted by atomic mass is 10.4. The van der Waals surface area contributed by atoms with Gasteiger partial charge in [0.25, 0.3) is 0 Å². The number of ether oxygens (including phenoxy) is 1. The van der Waals surface area contributed by atoms with Crippen LogP contribution in [-0.2, 0) is 19.6 Å². The molecule has 9 heteroatoms. The van der Waals surface area contributed by atoms with Crippen molar-refractivity contribution in [3.63, 3.8) is 0 Å². The summed E-state index contributed by atoms with van der Waals surface area (Å²) in [6, 6.07) is 2.31. The molecule has 0 aliphatic carbocycles. The van der Waals surface area contributed by atoms with Gasteiger partial charge in [0, 0.05) is 0 Å². The van der Waals surface area contributed by atoms with Crippen LogP contribution in [0, 0.1) is 0 Å². The van der Waals surface area contributed by atoms with Crippen molar-refractivity contribution in [3.8, 4) is 0 Å². The van der Waals surface area contributed by atoms with Gasteiger partial charge < -0.3 is 4.74 Å². The maximum Gasteiger partial charge on any atom is 0.320 e. The van der Waals surface area contributed by atoms with Crippen molar-refractivity contribution in [1.82, 2.24) is 4.72 Å². The summed E-state index contributed by atoms with van der Waals surface area (Å²) in [6.07, 6.45) is 0. The second kappa shape index (κ2) is 6.08. The third-order valence-corrected chi connectivity index (χ3v) is 4.49. The zero-order valence-electron chi connectivity index (χ0n) is 9.04. The predicted molar refractivity (Wildman–Crippen MR) is 68.7 cm³/mol. The monoisotopic (exact) mass is 331 g/mol. The van der Waals surface area contributed by atoms with E-state index in [2.05, 4.69) is 4.74 Å². The van der Waals surface area contributed by atoms with Gasteiger partial charge in [-0.25, -0.2) is 8.42 Å². The quantitative estimate of drug-likeness (QED) is 0.677. The molecular weight excluding hydrogens is 325 g/mol. The molecule has 0 fully saturated rings. The minimum atomic E-state index is -3.96. The van der Waals surface area contributed by atoms with Gasteiger partial charge in [0.05, 0.1) is 22.2 Å². The van der Waals surface area contributed by atoms with E-state index in [1.54, 1.807) is 0 Å². The lowest BCUT2D eigenvalue weighted by molar-refractivity contribution is -0.139. The summed E-state index contributed by atoms with van der Waals surface area (Å²) in [5.41, 5.74) is 0. The van der Waals surface area contributed by atoms with Gasteiger partial charge in [0.15, 0.2) is 0 Å². The molecule has 0 amide bonds. The molecule has 0 aliphatic rings. The third kappa shape index (κ3) is 3.73. The van der Waals surface area contributed by atoms with Crippen molar-refractivity contribution in [2.24, 2.45) is 0 Å². The highest BCUT2D eigenvalue weighted by Crippen LogP contribution is 2.31.